The van der Waals surface area contributed by atoms with E-state index in [4.69, 9.17) is 0 Å². The Morgan fingerprint density at radius 2 is 2.05 bits per heavy atom. The first-order chi connectivity index (χ1) is 10.1. The normalized spacial score (nSPS) is 23.5. The summed E-state index contributed by atoms with van der Waals surface area (Å²) in [5.74, 6) is 1.46. The van der Waals surface area contributed by atoms with Crippen molar-refractivity contribution in [2.24, 2.45) is 0 Å². The molecule has 3 rings (SSSR count). The number of hydrogen-bond donors (Lipinski definition) is 1. The van der Waals surface area contributed by atoms with Crippen molar-refractivity contribution in [3.05, 3.63) is 29.6 Å². The molecule has 0 spiro atoms. The van der Waals surface area contributed by atoms with Crippen LogP contribution in [0.2, 0.25) is 0 Å². The average molecular weight is 310 g/mol. The fourth-order valence-electron chi connectivity index (χ4n) is 2.95. The van der Waals surface area contributed by atoms with Crippen LogP contribution in [0, 0.1) is 5.82 Å². The van der Waals surface area contributed by atoms with Crippen LogP contribution in [-0.4, -0.2) is 64.5 Å². The predicted octanol–water partition coefficient (Wildman–Crippen LogP) is 1.79. The molecule has 2 aliphatic heterocycles. The number of halogens is 1. The molecule has 1 aromatic rings. The van der Waals surface area contributed by atoms with E-state index in [0.29, 0.717) is 19.1 Å². The van der Waals surface area contributed by atoms with Gasteiger partial charge in [-0.05, 0) is 30.4 Å². The maximum absolute atomic E-state index is 13.2. The summed E-state index contributed by atoms with van der Waals surface area (Å²) in [4.78, 5) is 16.5. The van der Waals surface area contributed by atoms with Gasteiger partial charge in [-0.15, -0.1) is 0 Å². The largest absolute Gasteiger partial charge is 0.507 e. The molecule has 0 aliphatic carbocycles. The minimum Gasteiger partial charge on any atom is -0.507 e. The van der Waals surface area contributed by atoms with E-state index in [-0.39, 0.29) is 17.2 Å². The third-order valence-electron chi connectivity index (χ3n) is 4.21. The molecule has 0 saturated carbocycles. The number of carbonyl (C=O) groups is 1. The molecule has 2 heterocycles. The van der Waals surface area contributed by atoms with Crippen LogP contribution in [0.5, 0.6) is 5.75 Å². The van der Waals surface area contributed by atoms with Gasteiger partial charge in [0, 0.05) is 38.0 Å². The van der Waals surface area contributed by atoms with Crippen molar-refractivity contribution in [1.29, 1.82) is 0 Å². The molecule has 2 saturated heterocycles. The molecule has 1 amide bonds. The average Bonchev–Trinajstić information content (AvgIpc) is 3.03. The summed E-state index contributed by atoms with van der Waals surface area (Å²) in [6, 6.07) is 4.13. The molecule has 114 valence electrons. The Labute approximate surface area is 127 Å². The quantitative estimate of drug-likeness (QED) is 0.904. The van der Waals surface area contributed by atoms with Gasteiger partial charge in [-0.2, -0.15) is 11.8 Å². The Hall–Kier alpha value is -1.27. The highest BCUT2D eigenvalue weighted by molar-refractivity contribution is 7.99. The smallest absolute Gasteiger partial charge is 0.257 e. The maximum Gasteiger partial charge on any atom is 0.257 e. The van der Waals surface area contributed by atoms with Gasteiger partial charge in [0.2, 0.25) is 0 Å². The third-order valence-corrected chi connectivity index (χ3v) is 5.36. The van der Waals surface area contributed by atoms with Crippen molar-refractivity contribution in [1.82, 2.24) is 9.80 Å². The molecule has 4 nitrogen and oxygen atoms in total. The van der Waals surface area contributed by atoms with Gasteiger partial charge in [-0.25, -0.2) is 4.39 Å². The molecule has 2 aliphatic rings. The molecule has 1 aromatic carbocycles. The number of benzene rings is 1. The zero-order chi connectivity index (χ0) is 14.8. The molecular weight excluding hydrogens is 291 g/mol. The van der Waals surface area contributed by atoms with Gasteiger partial charge < -0.3 is 10.0 Å². The zero-order valence-electron chi connectivity index (χ0n) is 11.8. The summed E-state index contributed by atoms with van der Waals surface area (Å²) in [7, 11) is 0. The van der Waals surface area contributed by atoms with E-state index >= 15 is 0 Å². The molecule has 0 bridgehead atoms. The Morgan fingerprint density at radius 1 is 1.29 bits per heavy atom. The van der Waals surface area contributed by atoms with Crippen molar-refractivity contribution in [2.45, 2.75) is 12.5 Å². The fraction of sp³-hybridized carbons (Fsp3) is 0.533. The second-order valence-corrected chi connectivity index (χ2v) is 6.66. The first-order valence-electron chi connectivity index (χ1n) is 7.25. The number of nitrogens with zero attached hydrogens (tertiary/aromatic N) is 2. The number of rotatable bonds is 2. The lowest BCUT2D eigenvalue weighted by Crippen LogP contribution is -2.52. The molecule has 0 aromatic heterocycles. The van der Waals surface area contributed by atoms with Crippen LogP contribution in [0.1, 0.15) is 16.8 Å². The summed E-state index contributed by atoms with van der Waals surface area (Å²) in [6.07, 6.45) is 1.23. The summed E-state index contributed by atoms with van der Waals surface area (Å²) in [5, 5.41) is 9.73. The van der Waals surface area contributed by atoms with Gasteiger partial charge in [0.1, 0.15) is 11.6 Å². The molecule has 21 heavy (non-hydrogen) atoms. The number of aromatic hydroxyl groups is 1. The van der Waals surface area contributed by atoms with E-state index in [0.717, 1.165) is 25.2 Å². The van der Waals surface area contributed by atoms with Gasteiger partial charge in [0.25, 0.3) is 5.91 Å². The number of hydrogen-bond acceptors (Lipinski definition) is 4. The minimum atomic E-state index is -0.502. The monoisotopic (exact) mass is 310 g/mol. The van der Waals surface area contributed by atoms with E-state index in [2.05, 4.69) is 4.90 Å². The van der Waals surface area contributed by atoms with E-state index in [9.17, 15) is 14.3 Å². The molecule has 2 fully saturated rings. The molecule has 6 heteroatoms. The summed E-state index contributed by atoms with van der Waals surface area (Å²) in [6.45, 7) is 2.98. The molecule has 0 unspecified atom stereocenters. The highest BCUT2D eigenvalue weighted by Gasteiger charge is 2.29. The molecule has 1 N–H and O–H groups in total. The minimum absolute atomic E-state index is 0.0554. The Bertz CT molecular complexity index is 526. The number of phenols is 1. The van der Waals surface area contributed by atoms with Gasteiger partial charge in [-0.3, -0.25) is 9.69 Å². The van der Waals surface area contributed by atoms with Crippen LogP contribution < -0.4 is 0 Å². The van der Waals surface area contributed by atoms with Crippen LogP contribution in [-0.2, 0) is 0 Å². The molecule has 1 atom stereocenters. The van der Waals surface area contributed by atoms with Crippen molar-refractivity contribution in [3.63, 3.8) is 0 Å². The van der Waals surface area contributed by atoms with E-state index in [1.165, 1.54) is 24.0 Å². The van der Waals surface area contributed by atoms with Crippen molar-refractivity contribution in [2.75, 3.05) is 37.7 Å². The number of piperazine rings is 1. The third kappa shape index (κ3) is 3.16. The van der Waals surface area contributed by atoms with E-state index in [1.54, 1.807) is 4.90 Å². The van der Waals surface area contributed by atoms with Crippen LogP contribution in [0.25, 0.3) is 0 Å². The second kappa shape index (κ2) is 6.23. The topological polar surface area (TPSA) is 43.8 Å². The number of phenolic OH excluding ortho intramolecular Hbond substituents is 1. The lowest BCUT2D eigenvalue weighted by Gasteiger charge is -2.37. The lowest BCUT2D eigenvalue weighted by molar-refractivity contribution is 0.0585. The summed E-state index contributed by atoms with van der Waals surface area (Å²) < 4.78 is 13.2. The fourth-order valence-corrected chi connectivity index (χ4v) is 4.21. The van der Waals surface area contributed by atoms with Crippen LogP contribution >= 0.6 is 11.8 Å². The zero-order valence-corrected chi connectivity index (χ0v) is 12.6. The highest BCUT2D eigenvalue weighted by atomic mass is 32.2. The first kappa shape index (κ1) is 14.7. The van der Waals surface area contributed by atoms with E-state index < -0.39 is 5.82 Å². The van der Waals surface area contributed by atoms with Crippen LogP contribution in [0.4, 0.5) is 4.39 Å². The lowest BCUT2D eigenvalue weighted by atomic mass is 10.1. The maximum atomic E-state index is 13.2. The van der Waals surface area contributed by atoms with Crippen LogP contribution in [0.15, 0.2) is 18.2 Å². The summed E-state index contributed by atoms with van der Waals surface area (Å²) in [5.41, 5.74) is 0.0554. The van der Waals surface area contributed by atoms with Crippen molar-refractivity contribution in [3.8, 4) is 5.75 Å². The van der Waals surface area contributed by atoms with E-state index in [1.807, 2.05) is 11.8 Å². The Kier molecular flexibility index (Phi) is 4.35. The van der Waals surface area contributed by atoms with Gasteiger partial charge in [0.05, 0.1) is 5.56 Å². The van der Waals surface area contributed by atoms with Gasteiger partial charge >= 0.3 is 0 Å². The first-order valence-corrected chi connectivity index (χ1v) is 8.40. The van der Waals surface area contributed by atoms with Crippen molar-refractivity contribution < 1.29 is 14.3 Å². The van der Waals surface area contributed by atoms with Crippen LogP contribution in [0.3, 0.4) is 0 Å². The Balaban J connectivity index is 1.63. The Morgan fingerprint density at radius 3 is 2.71 bits per heavy atom. The predicted molar refractivity (Wildman–Crippen MR) is 81.3 cm³/mol. The van der Waals surface area contributed by atoms with Gasteiger partial charge in [0.15, 0.2) is 0 Å². The number of carbonyl (C=O) groups excluding carboxylic acids is 1. The molecular formula is C15H19FN2O2S. The second-order valence-electron chi connectivity index (χ2n) is 5.51. The number of amides is 1. The SMILES string of the molecule is O=C(c1cc(F)ccc1O)N1CCN([C@H]2CCSC2)CC1. The highest BCUT2D eigenvalue weighted by Crippen LogP contribution is 2.24. The summed E-state index contributed by atoms with van der Waals surface area (Å²) >= 11 is 1.99. The molecule has 0 radical (unpaired) electrons. The van der Waals surface area contributed by atoms with Gasteiger partial charge in [-0.1, -0.05) is 0 Å². The number of thioether (sulfide) groups is 1. The van der Waals surface area contributed by atoms with Crippen molar-refractivity contribution >= 4 is 17.7 Å². The standard InChI is InChI=1S/C15H19FN2O2S/c16-11-1-2-14(19)13(9-11)15(20)18-6-4-17(5-7-18)12-3-8-21-10-12/h1-2,9,12,19H,3-8,10H2/t12-/m0/s1.